The molecule has 0 aromatic heterocycles. The highest BCUT2D eigenvalue weighted by Crippen LogP contribution is 2.37. The second kappa shape index (κ2) is 5.16. The number of fused-ring (bicyclic) bond motifs is 1. The van der Waals surface area contributed by atoms with Gasteiger partial charge >= 0.3 is 0 Å². The first-order valence-corrected chi connectivity index (χ1v) is 7.79. The van der Waals surface area contributed by atoms with E-state index in [0.717, 1.165) is 0 Å². The summed E-state index contributed by atoms with van der Waals surface area (Å²) in [6.07, 6.45) is 5.15. The Kier molecular flexibility index (Phi) is 3.53. The van der Waals surface area contributed by atoms with Crippen LogP contribution in [-0.4, -0.2) is 25.7 Å². The van der Waals surface area contributed by atoms with E-state index in [0.29, 0.717) is 11.5 Å². The Balaban J connectivity index is 1.87. The zero-order chi connectivity index (χ0) is 13.3. The van der Waals surface area contributed by atoms with E-state index >= 15 is 0 Å². The molecule has 2 aliphatic rings. The van der Waals surface area contributed by atoms with Gasteiger partial charge in [-0.3, -0.25) is 0 Å². The van der Waals surface area contributed by atoms with Crippen LogP contribution in [0.25, 0.3) is 0 Å². The standard InChI is InChI=1S/C17H26N2/c1-3-17(10-11-18-12-17)13-19-14(2)8-9-15-6-4-5-7-16(15)19/h4-7,14,18H,3,8-13H2,1-2H3. The molecule has 1 aromatic rings. The molecule has 0 aliphatic carbocycles. The second-order valence-electron chi connectivity index (χ2n) is 6.42. The molecule has 1 N–H and O–H groups in total. The van der Waals surface area contributed by atoms with E-state index in [-0.39, 0.29) is 0 Å². The average molecular weight is 258 g/mol. The number of nitrogens with zero attached hydrogens (tertiary/aromatic N) is 1. The van der Waals surface area contributed by atoms with E-state index in [1.54, 1.807) is 0 Å². The van der Waals surface area contributed by atoms with E-state index in [1.165, 1.54) is 56.6 Å². The van der Waals surface area contributed by atoms with Crippen molar-refractivity contribution in [1.82, 2.24) is 5.32 Å². The summed E-state index contributed by atoms with van der Waals surface area (Å²) in [6.45, 7) is 8.34. The minimum absolute atomic E-state index is 0.485. The zero-order valence-electron chi connectivity index (χ0n) is 12.3. The molecule has 0 saturated carbocycles. The lowest BCUT2D eigenvalue weighted by atomic mass is 9.82. The summed E-state index contributed by atoms with van der Waals surface area (Å²) in [5.41, 5.74) is 3.51. The average Bonchev–Trinajstić information content (AvgIpc) is 2.91. The lowest BCUT2D eigenvalue weighted by Gasteiger charge is -2.42. The summed E-state index contributed by atoms with van der Waals surface area (Å²) in [5.74, 6) is 0. The summed E-state index contributed by atoms with van der Waals surface area (Å²) in [4.78, 5) is 2.68. The van der Waals surface area contributed by atoms with Crippen LogP contribution in [0, 0.1) is 5.41 Å². The van der Waals surface area contributed by atoms with Gasteiger partial charge in [-0.2, -0.15) is 0 Å². The fourth-order valence-corrected chi connectivity index (χ4v) is 3.71. The van der Waals surface area contributed by atoms with Crippen molar-refractivity contribution < 1.29 is 0 Å². The molecule has 2 heteroatoms. The molecule has 2 unspecified atom stereocenters. The Hall–Kier alpha value is -1.02. The van der Waals surface area contributed by atoms with Gasteiger partial charge in [0.05, 0.1) is 0 Å². The Labute approximate surface area is 117 Å². The van der Waals surface area contributed by atoms with Gasteiger partial charge in [0.15, 0.2) is 0 Å². The van der Waals surface area contributed by atoms with Crippen molar-refractivity contribution in [3.05, 3.63) is 29.8 Å². The lowest BCUT2D eigenvalue weighted by Crippen LogP contribution is -2.45. The van der Waals surface area contributed by atoms with Gasteiger partial charge in [0.25, 0.3) is 0 Å². The summed E-state index contributed by atoms with van der Waals surface area (Å²) in [5, 5.41) is 3.57. The maximum absolute atomic E-state index is 3.57. The topological polar surface area (TPSA) is 15.3 Å². The molecule has 2 heterocycles. The van der Waals surface area contributed by atoms with Gasteiger partial charge in [-0.15, -0.1) is 0 Å². The number of benzene rings is 1. The molecule has 0 spiro atoms. The monoisotopic (exact) mass is 258 g/mol. The first kappa shape index (κ1) is 13.0. The largest absolute Gasteiger partial charge is 0.368 e. The first-order valence-electron chi connectivity index (χ1n) is 7.79. The van der Waals surface area contributed by atoms with Gasteiger partial charge in [-0.05, 0) is 50.8 Å². The van der Waals surface area contributed by atoms with Crippen LogP contribution in [0.4, 0.5) is 5.69 Å². The number of hydrogen-bond donors (Lipinski definition) is 1. The van der Waals surface area contributed by atoms with E-state index in [4.69, 9.17) is 0 Å². The number of hydrogen-bond acceptors (Lipinski definition) is 2. The van der Waals surface area contributed by atoms with Crippen LogP contribution < -0.4 is 10.2 Å². The second-order valence-corrected chi connectivity index (χ2v) is 6.42. The van der Waals surface area contributed by atoms with Crippen LogP contribution in [0.1, 0.15) is 38.7 Å². The zero-order valence-corrected chi connectivity index (χ0v) is 12.3. The Morgan fingerprint density at radius 1 is 1.37 bits per heavy atom. The molecule has 1 fully saturated rings. The first-order chi connectivity index (χ1) is 9.24. The van der Waals surface area contributed by atoms with Crippen molar-refractivity contribution in [3.63, 3.8) is 0 Å². The quantitative estimate of drug-likeness (QED) is 0.895. The third-order valence-electron chi connectivity index (χ3n) is 5.25. The summed E-state index contributed by atoms with van der Waals surface area (Å²) in [7, 11) is 0. The van der Waals surface area contributed by atoms with Gasteiger partial charge in [-0.25, -0.2) is 0 Å². The Morgan fingerprint density at radius 3 is 2.95 bits per heavy atom. The fraction of sp³-hybridized carbons (Fsp3) is 0.647. The van der Waals surface area contributed by atoms with Crippen LogP contribution in [0.5, 0.6) is 0 Å². The molecule has 0 radical (unpaired) electrons. The predicted molar refractivity (Wildman–Crippen MR) is 81.8 cm³/mol. The molecule has 2 aliphatic heterocycles. The molecule has 0 bridgehead atoms. The van der Waals surface area contributed by atoms with E-state index in [9.17, 15) is 0 Å². The summed E-state index contributed by atoms with van der Waals surface area (Å²) >= 11 is 0. The van der Waals surface area contributed by atoms with Gasteiger partial charge in [0.1, 0.15) is 0 Å². The fourth-order valence-electron chi connectivity index (χ4n) is 3.71. The predicted octanol–water partition coefficient (Wildman–Crippen LogP) is 3.22. The number of aryl methyl sites for hydroxylation is 1. The molecule has 1 saturated heterocycles. The third-order valence-corrected chi connectivity index (χ3v) is 5.25. The van der Waals surface area contributed by atoms with Crippen LogP contribution in [0.2, 0.25) is 0 Å². The van der Waals surface area contributed by atoms with Crippen molar-refractivity contribution in [2.75, 3.05) is 24.5 Å². The minimum atomic E-state index is 0.485. The minimum Gasteiger partial charge on any atom is -0.368 e. The Morgan fingerprint density at radius 2 is 2.21 bits per heavy atom. The molecular formula is C17H26N2. The van der Waals surface area contributed by atoms with Crippen molar-refractivity contribution >= 4 is 5.69 Å². The third kappa shape index (κ3) is 2.38. The normalized spacial score (nSPS) is 30.4. The van der Waals surface area contributed by atoms with E-state index in [1.807, 2.05) is 0 Å². The number of rotatable bonds is 3. The number of nitrogens with one attached hydrogen (secondary N) is 1. The van der Waals surface area contributed by atoms with E-state index in [2.05, 4.69) is 48.3 Å². The summed E-state index contributed by atoms with van der Waals surface area (Å²) < 4.78 is 0. The highest BCUT2D eigenvalue weighted by atomic mass is 15.2. The van der Waals surface area contributed by atoms with Crippen molar-refractivity contribution in [2.24, 2.45) is 5.41 Å². The molecule has 19 heavy (non-hydrogen) atoms. The van der Waals surface area contributed by atoms with Crippen LogP contribution >= 0.6 is 0 Å². The lowest BCUT2D eigenvalue weighted by molar-refractivity contribution is 0.299. The van der Waals surface area contributed by atoms with Gasteiger partial charge in [0.2, 0.25) is 0 Å². The van der Waals surface area contributed by atoms with Crippen molar-refractivity contribution in [3.8, 4) is 0 Å². The van der Waals surface area contributed by atoms with Crippen LogP contribution in [0.15, 0.2) is 24.3 Å². The molecule has 0 amide bonds. The molecule has 2 atom stereocenters. The maximum atomic E-state index is 3.57. The highest BCUT2D eigenvalue weighted by Gasteiger charge is 2.36. The smallest absolute Gasteiger partial charge is 0.0401 e. The molecule has 1 aromatic carbocycles. The highest BCUT2D eigenvalue weighted by molar-refractivity contribution is 5.56. The van der Waals surface area contributed by atoms with Gasteiger partial charge < -0.3 is 10.2 Å². The summed E-state index contributed by atoms with van der Waals surface area (Å²) in [6, 6.07) is 9.67. The molecular weight excluding hydrogens is 232 g/mol. The van der Waals surface area contributed by atoms with Crippen LogP contribution in [0.3, 0.4) is 0 Å². The molecule has 2 nitrogen and oxygen atoms in total. The SMILES string of the molecule is CCC1(CN2c3ccccc3CCC2C)CCNC1. The molecule has 104 valence electrons. The molecule has 3 rings (SSSR count). The number of para-hydroxylation sites is 1. The van der Waals surface area contributed by atoms with Gasteiger partial charge in [-0.1, -0.05) is 25.1 Å². The van der Waals surface area contributed by atoms with Crippen LogP contribution in [-0.2, 0) is 6.42 Å². The van der Waals surface area contributed by atoms with E-state index < -0.39 is 0 Å². The number of anilines is 1. The maximum Gasteiger partial charge on any atom is 0.0401 e. The van der Waals surface area contributed by atoms with Crippen molar-refractivity contribution in [2.45, 2.75) is 45.6 Å². The van der Waals surface area contributed by atoms with Crippen molar-refractivity contribution in [1.29, 1.82) is 0 Å². The van der Waals surface area contributed by atoms with Gasteiger partial charge in [0, 0.05) is 30.2 Å². The Bertz CT molecular complexity index is 435.